The number of para-hydroxylation sites is 1. The Labute approximate surface area is 165 Å². The fourth-order valence-electron chi connectivity index (χ4n) is 4.23. The fourth-order valence-corrected chi connectivity index (χ4v) is 4.23. The molecule has 0 N–H and O–H groups in total. The van der Waals surface area contributed by atoms with E-state index in [1.54, 1.807) is 0 Å². The van der Waals surface area contributed by atoms with Gasteiger partial charge in [-0.2, -0.15) is 0 Å². The summed E-state index contributed by atoms with van der Waals surface area (Å²) < 4.78 is 6.45. The summed E-state index contributed by atoms with van der Waals surface area (Å²) in [6.45, 7) is 2.79. The van der Waals surface area contributed by atoms with E-state index in [-0.39, 0.29) is 11.9 Å². The molecule has 2 aliphatic heterocycles. The monoisotopic (exact) mass is 370 g/mol. The van der Waals surface area contributed by atoms with E-state index in [1.807, 2.05) is 64.6 Å². The van der Waals surface area contributed by atoms with Gasteiger partial charge in [0.25, 0.3) is 5.91 Å². The highest BCUT2D eigenvalue weighted by atomic mass is 16.5. The minimum Gasteiger partial charge on any atom is -0.439 e. The molecular formula is C24H22N2O2. The van der Waals surface area contributed by atoms with Gasteiger partial charge in [-0.25, -0.2) is 5.01 Å². The van der Waals surface area contributed by atoms with Crippen LogP contribution in [0.3, 0.4) is 0 Å². The third-order valence-corrected chi connectivity index (χ3v) is 5.66. The molecule has 4 heteroatoms. The molecule has 5 rings (SSSR count). The smallest absolute Gasteiger partial charge is 0.273 e. The molecular weight excluding hydrogens is 348 g/mol. The van der Waals surface area contributed by atoms with Crippen molar-refractivity contribution in [3.63, 3.8) is 0 Å². The first kappa shape index (κ1) is 16.9. The number of hydrogen-bond donors (Lipinski definition) is 0. The zero-order chi connectivity index (χ0) is 19.1. The van der Waals surface area contributed by atoms with Gasteiger partial charge in [-0.15, -0.1) is 0 Å². The zero-order valence-corrected chi connectivity index (χ0v) is 15.8. The molecule has 28 heavy (non-hydrogen) atoms. The van der Waals surface area contributed by atoms with E-state index in [0.29, 0.717) is 5.56 Å². The van der Waals surface area contributed by atoms with Gasteiger partial charge < -0.3 is 4.74 Å². The predicted octanol–water partition coefficient (Wildman–Crippen LogP) is 5.00. The summed E-state index contributed by atoms with van der Waals surface area (Å²) in [5.41, 5.74) is 4.17. The molecule has 0 bridgehead atoms. The molecule has 0 saturated heterocycles. The third kappa shape index (κ3) is 2.64. The summed E-state index contributed by atoms with van der Waals surface area (Å²) in [6.07, 6.45) is 8.13. The second-order valence-electron chi connectivity index (χ2n) is 7.31. The Hall–Kier alpha value is -3.27. The number of allylic oxidation sites excluding steroid dienone is 4. The van der Waals surface area contributed by atoms with Crippen LogP contribution in [0.15, 0.2) is 89.9 Å². The minimum atomic E-state index is -0.133. The molecule has 0 aromatic heterocycles. The highest BCUT2D eigenvalue weighted by molar-refractivity contribution is 5.94. The molecule has 2 aromatic rings. The molecule has 4 nitrogen and oxygen atoms in total. The molecule has 0 radical (unpaired) electrons. The van der Waals surface area contributed by atoms with E-state index in [9.17, 15) is 4.79 Å². The Morgan fingerprint density at radius 2 is 1.86 bits per heavy atom. The Balaban J connectivity index is 1.68. The number of ether oxygens (including phenoxy) is 1. The van der Waals surface area contributed by atoms with Crippen molar-refractivity contribution in [1.82, 2.24) is 10.0 Å². The lowest BCUT2D eigenvalue weighted by Crippen LogP contribution is -2.49. The number of fused-ring (bicyclic) bond motifs is 3. The maximum Gasteiger partial charge on any atom is 0.273 e. The lowest BCUT2D eigenvalue weighted by Gasteiger charge is -2.42. The van der Waals surface area contributed by atoms with Gasteiger partial charge in [-0.05, 0) is 43.5 Å². The topological polar surface area (TPSA) is 32.8 Å². The largest absolute Gasteiger partial charge is 0.439 e. The van der Waals surface area contributed by atoms with Crippen LogP contribution in [-0.4, -0.2) is 22.5 Å². The normalized spacial score (nSPS) is 20.5. The molecule has 140 valence electrons. The fraction of sp³-hybridized carbons (Fsp3) is 0.208. The summed E-state index contributed by atoms with van der Waals surface area (Å²) >= 11 is 0. The average Bonchev–Trinajstić information content (AvgIpc) is 2.88. The van der Waals surface area contributed by atoms with Crippen molar-refractivity contribution in [1.29, 1.82) is 0 Å². The SMILES string of the molecule is CC1c2ccccc2OC2=C3CC=CC=C3CCN2N1C(=O)c1ccccc1. The lowest BCUT2D eigenvalue weighted by molar-refractivity contribution is -0.0297. The number of amides is 1. The van der Waals surface area contributed by atoms with Gasteiger partial charge in [0.05, 0.1) is 6.04 Å². The molecule has 0 fully saturated rings. The number of benzene rings is 2. The molecule has 0 spiro atoms. The van der Waals surface area contributed by atoms with Crippen LogP contribution in [0.2, 0.25) is 0 Å². The van der Waals surface area contributed by atoms with Crippen LogP contribution < -0.4 is 4.74 Å². The van der Waals surface area contributed by atoms with E-state index >= 15 is 0 Å². The van der Waals surface area contributed by atoms with Gasteiger partial charge in [0.2, 0.25) is 5.88 Å². The quantitative estimate of drug-likeness (QED) is 0.708. The van der Waals surface area contributed by atoms with Gasteiger partial charge in [-0.1, -0.05) is 54.6 Å². The van der Waals surface area contributed by atoms with Crippen molar-refractivity contribution in [2.24, 2.45) is 0 Å². The number of nitrogens with zero attached hydrogens (tertiary/aromatic N) is 2. The van der Waals surface area contributed by atoms with E-state index in [1.165, 1.54) is 11.1 Å². The number of rotatable bonds is 1. The summed E-state index contributed by atoms with van der Waals surface area (Å²) in [6, 6.07) is 17.4. The van der Waals surface area contributed by atoms with E-state index < -0.39 is 0 Å². The molecule has 1 amide bonds. The van der Waals surface area contributed by atoms with Crippen LogP contribution in [0.1, 0.15) is 41.7 Å². The van der Waals surface area contributed by atoms with Crippen LogP contribution in [0.25, 0.3) is 0 Å². The molecule has 2 aromatic carbocycles. The van der Waals surface area contributed by atoms with Crippen LogP contribution in [0.5, 0.6) is 5.75 Å². The van der Waals surface area contributed by atoms with Crippen LogP contribution in [-0.2, 0) is 0 Å². The maximum absolute atomic E-state index is 13.6. The van der Waals surface area contributed by atoms with E-state index in [2.05, 4.69) is 25.2 Å². The molecule has 3 aliphatic rings. The van der Waals surface area contributed by atoms with Crippen molar-refractivity contribution in [2.45, 2.75) is 25.8 Å². The van der Waals surface area contributed by atoms with Crippen molar-refractivity contribution in [3.8, 4) is 5.75 Å². The molecule has 2 heterocycles. The Morgan fingerprint density at radius 1 is 1.07 bits per heavy atom. The first-order chi connectivity index (χ1) is 13.7. The summed E-state index contributed by atoms with van der Waals surface area (Å²) in [5, 5.41) is 3.92. The highest BCUT2D eigenvalue weighted by Gasteiger charge is 2.39. The average molecular weight is 370 g/mol. The number of carbonyl (C=O) groups is 1. The van der Waals surface area contributed by atoms with Crippen LogP contribution in [0.4, 0.5) is 0 Å². The van der Waals surface area contributed by atoms with Crippen LogP contribution >= 0.6 is 0 Å². The van der Waals surface area contributed by atoms with Crippen molar-refractivity contribution in [3.05, 3.63) is 101 Å². The third-order valence-electron chi connectivity index (χ3n) is 5.66. The van der Waals surface area contributed by atoms with Gasteiger partial charge in [0.1, 0.15) is 5.75 Å². The van der Waals surface area contributed by atoms with Gasteiger partial charge in [0, 0.05) is 23.2 Å². The van der Waals surface area contributed by atoms with Crippen molar-refractivity contribution >= 4 is 5.91 Å². The van der Waals surface area contributed by atoms with Gasteiger partial charge in [-0.3, -0.25) is 9.80 Å². The Morgan fingerprint density at radius 3 is 2.71 bits per heavy atom. The number of hydrazine groups is 1. The summed E-state index contributed by atoms with van der Waals surface area (Å²) in [7, 11) is 0. The van der Waals surface area contributed by atoms with E-state index in [4.69, 9.17) is 4.74 Å². The summed E-state index contributed by atoms with van der Waals surface area (Å²) in [4.78, 5) is 13.6. The zero-order valence-electron chi connectivity index (χ0n) is 15.8. The first-order valence-corrected chi connectivity index (χ1v) is 9.76. The highest BCUT2D eigenvalue weighted by Crippen LogP contribution is 2.42. The second kappa shape index (κ2) is 6.71. The number of carbonyl (C=O) groups excluding carboxylic acids is 1. The first-order valence-electron chi connectivity index (χ1n) is 9.76. The number of hydrogen-bond acceptors (Lipinski definition) is 3. The predicted molar refractivity (Wildman–Crippen MR) is 108 cm³/mol. The Kier molecular flexibility index (Phi) is 4.05. The molecule has 1 aliphatic carbocycles. The summed E-state index contributed by atoms with van der Waals surface area (Å²) in [5.74, 6) is 1.59. The minimum absolute atomic E-state index is 0.00900. The lowest BCUT2D eigenvalue weighted by atomic mass is 9.93. The van der Waals surface area contributed by atoms with Crippen LogP contribution in [0, 0.1) is 0 Å². The molecule has 1 unspecified atom stereocenters. The van der Waals surface area contributed by atoms with Crippen molar-refractivity contribution in [2.75, 3.05) is 6.54 Å². The van der Waals surface area contributed by atoms with Crippen molar-refractivity contribution < 1.29 is 9.53 Å². The van der Waals surface area contributed by atoms with Gasteiger partial charge >= 0.3 is 0 Å². The molecule has 1 atom stereocenters. The Bertz CT molecular complexity index is 1020. The second-order valence-corrected chi connectivity index (χ2v) is 7.31. The maximum atomic E-state index is 13.6. The molecule has 0 saturated carbocycles. The standard InChI is InChI=1S/C24H22N2O2/c1-17-20-12-7-8-14-22(20)28-24-21-13-6-5-9-18(21)15-16-25(24)26(17)23(27)19-10-3-2-4-11-19/h2-12,14,17H,13,15-16H2,1H3. The van der Waals surface area contributed by atoms with E-state index in [0.717, 1.165) is 36.6 Å². The van der Waals surface area contributed by atoms with Gasteiger partial charge in [0.15, 0.2) is 0 Å².